The minimum atomic E-state index is -0.0997. The third-order valence-corrected chi connectivity index (χ3v) is 5.12. The number of aromatic nitrogens is 1. The molecule has 4 heteroatoms. The van der Waals surface area contributed by atoms with Crippen LogP contribution in [0.3, 0.4) is 0 Å². The summed E-state index contributed by atoms with van der Waals surface area (Å²) in [6.07, 6.45) is 2.09. The van der Waals surface area contributed by atoms with E-state index in [1.54, 1.807) is 7.11 Å². The molecule has 0 radical (unpaired) electrons. The van der Waals surface area contributed by atoms with Gasteiger partial charge in [0, 0.05) is 25.0 Å². The van der Waals surface area contributed by atoms with Gasteiger partial charge in [0.2, 0.25) is 0 Å². The Balaban J connectivity index is 1.82. The van der Waals surface area contributed by atoms with Gasteiger partial charge >= 0.3 is 0 Å². The summed E-state index contributed by atoms with van der Waals surface area (Å²) >= 11 is 0. The number of ether oxygens (including phenoxy) is 1. The fourth-order valence-electron chi connectivity index (χ4n) is 3.80. The zero-order chi connectivity index (χ0) is 18.1. The topological polar surface area (TPSA) is 34.5 Å². The zero-order valence-corrected chi connectivity index (χ0v) is 15.1. The van der Waals surface area contributed by atoms with Gasteiger partial charge in [-0.3, -0.25) is 4.79 Å². The van der Waals surface area contributed by atoms with Crippen molar-refractivity contribution in [2.45, 2.75) is 19.5 Å². The van der Waals surface area contributed by atoms with Crippen LogP contribution in [0.4, 0.5) is 0 Å². The first-order valence-corrected chi connectivity index (χ1v) is 8.85. The van der Waals surface area contributed by atoms with Crippen LogP contribution in [0.25, 0.3) is 0 Å². The fourth-order valence-corrected chi connectivity index (χ4v) is 3.80. The minimum absolute atomic E-state index is 0.00292. The number of amides is 1. The SMILES string of the molecule is COc1ccccc1C(=O)N1CCn2cccc2C1c1ccccc1C. The van der Waals surface area contributed by atoms with Gasteiger partial charge in [-0.25, -0.2) is 0 Å². The first-order chi connectivity index (χ1) is 12.7. The van der Waals surface area contributed by atoms with E-state index in [1.165, 1.54) is 5.56 Å². The minimum Gasteiger partial charge on any atom is -0.496 e. The predicted molar refractivity (Wildman–Crippen MR) is 101 cm³/mol. The van der Waals surface area contributed by atoms with Gasteiger partial charge < -0.3 is 14.2 Å². The van der Waals surface area contributed by atoms with Crippen molar-refractivity contribution in [1.82, 2.24) is 9.47 Å². The van der Waals surface area contributed by atoms with E-state index in [4.69, 9.17) is 4.74 Å². The second-order valence-electron chi connectivity index (χ2n) is 6.58. The summed E-state index contributed by atoms with van der Waals surface area (Å²) in [6, 6.07) is 19.8. The average Bonchev–Trinajstić information content (AvgIpc) is 3.16. The van der Waals surface area contributed by atoms with E-state index in [9.17, 15) is 4.79 Å². The molecule has 1 aliphatic heterocycles. The molecule has 0 saturated carbocycles. The molecule has 1 aromatic heterocycles. The standard InChI is InChI=1S/C22H22N2O2/c1-16-8-3-4-9-17(16)21-19-11-7-13-23(19)14-15-24(21)22(25)18-10-5-6-12-20(18)26-2/h3-13,21H,14-15H2,1-2H3. The Hall–Kier alpha value is -3.01. The zero-order valence-electron chi connectivity index (χ0n) is 15.1. The largest absolute Gasteiger partial charge is 0.496 e. The number of para-hydroxylation sites is 1. The molecule has 0 N–H and O–H groups in total. The van der Waals surface area contributed by atoms with Crippen molar-refractivity contribution in [2.24, 2.45) is 0 Å². The number of methoxy groups -OCH3 is 1. The van der Waals surface area contributed by atoms with Gasteiger partial charge in [0.05, 0.1) is 18.7 Å². The maximum atomic E-state index is 13.4. The Kier molecular flexibility index (Phi) is 4.25. The number of nitrogens with zero attached hydrogens (tertiary/aromatic N) is 2. The van der Waals surface area contributed by atoms with Gasteiger partial charge in [0.25, 0.3) is 5.91 Å². The van der Waals surface area contributed by atoms with Crippen LogP contribution in [0, 0.1) is 6.92 Å². The van der Waals surface area contributed by atoms with Gasteiger partial charge in [-0.05, 0) is 42.3 Å². The maximum Gasteiger partial charge on any atom is 0.258 e. The summed E-state index contributed by atoms with van der Waals surface area (Å²) in [7, 11) is 1.60. The van der Waals surface area contributed by atoms with E-state index >= 15 is 0 Å². The molecule has 2 aromatic carbocycles. The Labute approximate surface area is 153 Å². The summed E-state index contributed by atoms with van der Waals surface area (Å²) in [4.78, 5) is 15.4. The lowest BCUT2D eigenvalue weighted by Crippen LogP contribution is -2.42. The van der Waals surface area contributed by atoms with E-state index in [1.807, 2.05) is 41.3 Å². The quantitative estimate of drug-likeness (QED) is 0.717. The van der Waals surface area contributed by atoms with Crippen LogP contribution in [-0.4, -0.2) is 29.0 Å². The highest BCUT2D eigenvalue weighted by Crippen LogP contribution is 2.36. The maximum absolute atomic E-state index is 13.4. The van der Waals surface area contributed by atoms with Gasteiger partial charge in [0.1, 0.15) is 5.75 Å². The van der Waals surface area contributed by atoms with Crippen molar-refractivity contribution >= 4 is 5.91 Å². The molecule has 4 rings (SSSR count). The molecular weight excluding hydrogens is 324 g/mol. The van der Waals surface area contributed by atoms with Gasteiger partial charge in [-0.1, -0.05) is 36.4 Å². The highest BCUT2D eigenvalue weighted by molar-refractivity contribution is 5.97. The lowest BCUT2D eigenvalue weighted by Gasteiger charge is -2.38. The second kappa shape index (κ2) is 6.71. The van der Waals surface area contributed by atoms with E-state index < -0.39 is 0 Å². The van der Waals surface area contributed by atoms with E-state index in [0.717, 1.165) is 17.8 Å². The smallest absolute Gasteiger partial charge is 0.258 e. The molecule has 0 saturated heterocycles. The molecule has 1 amide bonds. The van der Waals surface area contributed by atoms with Crippen LogP contribution in [0.5, 0.6) is 5.75 Å². The molecule has 1 unspecified atom stereocenters. The molecule has 4 nitrogen and oxygen atoms in total. The first kappa shape index (κ1) is 16.5. The van der Waals surface area contributed by atoms with Crippen LogP contribution in [0.2, 0.25) is 0 Å². The molecule has 132 valence electrons. The summed E-state index contributed by atoms with van der Waals surface area (Å²) in [5.74, 6) is 0.616. The van der Waals surface area contributed by atoms with Crippen molar-refractivity contribution in [2.75, 3.05) is 13.7 Å². The third-order valence-electron chi connectivity index (χ3n) is 5.12. The number of hydrogen-bond acceptors (Lipinski definition) is 2. The van der Waals surface area contributed by atoms with E-state index in [0.29, 0.717) is 17.9 Å². The molecular formula is C22H22N2O2. The van der Waals surface area contributed by atoms with Crippen LogP contribution >= 0.6 is 0 Å². The summed E-state index contributed by atoms with van der Waals surface area (Å²) in [6.45, 7) is 3.56. The summed E-state index contributed by atoms with van der Waals surface area (Å²) in [5, 5.41) is 0. The molecule has 2 heterocycles. The van der Waals surface area contributed by atoms with Crippen LogP contribution in [-0.2, 0) is 6.54 Å². The molecule has 0 spiro atoms. The van der Waals surface area contributed by atoms with Crippen LogP contribution in [0.1, 0.15) is 33.2 Å². The Morgan fingerprint density at radius 3 is 2.58 bits per heavy atom. The highest BCUT2D eigenvalue weighted by Gasteiger charge is 2.34. The summed E-state index contributed by atoms with van der Waals surface area (Å²) < 4.78 is 7.66. The van der Waals surface area contributed by atoms with Crippen molar-refractivity contribution in [3.63, 3.8) is 0 Å². The monoisotopic (exact) mass is 346 g/mol. The Bertz CT molecular complexity index is 945. The molecule has 1 atom stereocenters. The molecule has 26 heavy (non-hydrogen) atoms. The number of aryl methyl sites for hydroxylation is 1. The van der Waals surface area contributed by atoms with Gasteiger partial charge in [-0.15, -0.1) is 0 Å². The summed E-state index contributed by atoms with van der Waals surface area (Å²) in [5.41, 5.74) is 4.10. The number of carbonyl (C=O) groups excluding carboxylic acids is 1. The third kappa shape index (κ3) is 2.68. The van der Waals surface area contributed by atoms with Crippen molar-refractivity contribution in [3.8, 4) is 5.75 Å². The number of carbonyl (C=O) groups is 1. The lowest BCUT2D eigenvalue weighted by molar-refractivity contribution is 0.0660. The first-order valence-electron chi connectivity index (χ1n) is 8.85. The Morgan fingerprint density at radius 1 is 1.00 bits per heavy atom. The number of hydrogen-bond donors (Lipinski definition) is 0. The molecule has 0 fully saturated rings. The van der Waals surface area contributed by atoms with Gasteiger partial charge in [0.15, 0.2) is 0 Å². The second-order valence-corrected chi connectivity index (χ2v) is 6.58. The molecule has 1 aliphatic rings. The lowest BCUT2D eigenvalue weighted by atomic mass is 9.95. The average molecular weight is 346 g/mol. The molecule has 0 aliphatic carbocycles. The predicted octanol–water partition coefficient (Wildman–Crippen LogP) is 4.05. The molecule has 0 bridgehead atoms. The number of fused-ring (bicyclic) bond motifs is 1. The van der Waals surface area contributed by atoms with Crippen LogP contribution < -0.4 is 4.74 Å². The number of rotatable bonds is 3. The fraction of sp³-hybridized carbons (Fsp3) is 0.227. The molecule has 3 aromatic rings. The van der Waals surface area contributed by atoms with Gasteiger partial charge in [-0.2, -0.15) is 0 Å². The van der Waals surface area contributed by atoms with Crippen molar-refractivity contribution in [3.05, 3.63) is 89.2 Å². The highest BCUT2D eigenvalue weighted by atomic mass is 16.5. The van der Waals surface area contributed by atoms with E-state index in [2.05, 4.69) is 42.0 Å². The van der Waals surface area contributed by atoms with Crippen molar-refractivity contribution < 1.29 is 9.53 Å². The normalized spacial score (nSPS) is 16.2. The van der Waals surface area contributed by atoms with Crippen molar-refractivity contribution in [1.29, 1.82) is 0 Å². The number of benzene rings is 2. The Morgan fingerprint density at radius 2 is 1.77 bits per heavy atom. The van der Waals surface area contributed by atoms with E-state index in [-0.39, 0.29) is 11.9 Å². The van der Waals surface area contributed by atoms with Crippen LogP contribution in [0.15, 0.2) is 66.9 Å².